The first-order valence-electron chi connectivity index (χ1n) is 16.6. The van der Waals surface area contributed by atoms with Gasteiger partial charge in [-0.1, -0.05) is 118 Å². The minimum absolute atomic E-state index is 0.104. The third-order valence-corrected chi connectivity index (χ3v) is 13.1. The fraction of sp³-hybridized carbons (Fsp3) is 0.381. The first-order valence-corrected chi connectivity index (χ1v) is 19.5. The van der Waals surface area contributed by atoms with E-state index in [0.29, 0.717) is 6.42 Å². The van der Waals surface area contributed by atoms with Gasteiger partial charge in [0.15, 0.2) is 8.32 Å². The second-order valence-electron chi connectivity index (χ2n) is 13.0. The van der Waals surface area contributed by atoms with Crippen molar-refractivity contribution >= 4 is 8.32 Å². The van der Waals surface area contributed by atoms with E-state index >= 15 is 0 Å². The van der Waals surface area contributed by atoms with Gasteiger partial charge in [-0.2, -0.15) is 0 Å². The Bertz CT molecular complexity index is 1530. The molecule has 0 aliphatic carbocycles. The fourth-order valence-electron chi connectivity index (χ4n) is 4.89. The molecule has 0 fully saturated rings. The molecular weight excluding hydrogens is 613 g/mol. The minimum atomic E-state index is -1.96. The third-order valence-electron chi connectivity index (χ3n) is 8.62. The van der Waals surface area contributed by atoms with Crippen LogP contribution in [-0.4, -0.2) is 46.5 Å². The second-order valence-corrected chi connectivity index (χ2v) is 17.8. The molecule has 3 aromatic carbocycles. The Kier molecular flexibility index (Phi) is 14.8. The van der Waals surface area contributed by atoms with Gasteiger partial charge < -0.3 is 23.7 Å². The van der Waals surface area contributed by atoms with E-state index in [1.807, 2.05) is 66.7 Å². The summed E-state index contributed by atoms with van der Waals surface area (Å²) >= 11 is 0. The first-order chi connectivity index (χ1) is 23.0. The SMILES string of the molecule is CCC=CCC(C#CC=CC#CC(O)CCOC(c1ccccc1)(c1ccc(OC)cc1)c1ccc(OC)cc1)O[Si](C)(C)C(C)(C)C. The van der Waals surface area contributed by atoms with Gasteiger partial charge in [-0.3, -0.25) is 0 Å². The maximum atomic E-state index is 10.8. The molecule has 0 heterocycles. The van der Waals surface area contributed by atoms with Crippen LogP contribution in [0.3, 0.4) is 0 Å². The minimum Gasteiger partial charge on any atom is -0.497 e. The summed E-state index contributed by atoms with van der Waals surface area (Å²) in [6, 6.07) is 25.9. The highest BCUT2D eigenvalue weighted by atomic mass is 28.4. The van der Waals surface area contributed by atoms with Gasteiger partial charge in [0, 0.05) is 12.8 Å². The van der Waals surface area contributed by atoms with Gasteiger partial charge in [0.25, 0.3) is 0 Å². The van der Waals surface area contributed by atoms with E-state index in [1.165, 1.54) is 0 Å². The van der Waals surface area contributed by atoms with E-state index in [0.717, 1.165) is 41.0 Å². The number of hydrogen-bond acceptors (Lipinski definition) is 5. The van der Waals surface area contributed by atoms with Gasteiger partial charge in [0.2, 0.25) is 0 Å². The molecule has 3 aromatic rings. The van der Waals surface area contributed by atoms with Gasteiger partial charge in [-0.05, 0) is 77.7 Å². The van der Waals surface area contributed by atoms with E-state index < -0.39 is 20.0 Å². The lowest BCUT2D eigenvalue weighted by molar-refractivity contribution is 0.000748. The lowest BCUT2D eigenvalue weighted by atomic mass is 9.80. The Morgan fingerprint density at radius 1 is 0.750 bits per heavy atom. The highest BCUT2D eigenvalue weighted by Crippen LogP contribution is 2.42. The summed E-state index contributed by atoms with van der Waals surface area (Å²) in [7, 11) is 1.34. The van der Waals surface area contributed by atoms with Crippen LogP contribution in [0.5, 0.6) is 11.5 Å². The molecule has 254 valence electrons. The normalized spacial score (nSPS) is 13.4. The van der Waals surface area contributed by atoms with Gasteiger partial charge >= 0.3 is 0 Å². The number of benzene rings is 3. The molecule has 1 N–H and O–H groups in total. The quantitative estimate of drug-likeness (QED) is 0.0807. The van der Waals surface area contributed by atoms with Crippen molar-refractivity contribution in [3.8, 4) is 35.2 Å². The predicted molar refractivity (Wildman–Crippen MR) is 200 cm³/mol. The molecule has 0 saturated heterocycles. The van der Waals surface area contributed by atoms with Crippen molar-refractivity contribution < 1.29 is 23.7 Å². The van der Waals surface area contributed by atoms with E-state index in [4.69, 9.17) is 18.6 Å². The number of methoxy groups -OCH3 is 2. The van der Waals surface area contributed by atoms with Gasteiger partial charge in [0.05, 0.1) is 20.8 Å². The monoisotopic (exact) mass is 664 g/mol. The fourth-order valence-corrected chi connectivity index (χ4v) is 6.11. The van der Waals surface area contributed by atoms with E-state index in [9.17, 15) is 5.11 Å². The van der Waals surface area contributed by atoms with Crippen molar-refractivity contribution in [1.29, 1.82) is 0 Å². The number of aliphatic hydroxyl groups excluding tert-OH is 1. The summed E-state index contributed by atoms with van der Waals surface area (Å²) in [5.74, 6) is 13.7. The molecule has 2 unspecified atom stereocenters. The maximum absolute atomic E-state index is 10.8. The zero-order valence-electron chi connectivity index (χ0n) is 29.9. The highest BCUT2D eigenvalue weighted by molar-refractivity contribution is 6.74. The van der Waals surface area contributed by atoms with Crippen molar-refractivity contribution in [2.45, 2.75) is 82.9 Å². The number of hydrogen-bond donors (Lipinski definition) is 1. The van der Waals surface area contributed by atoms with Crippen LogP contribution in [0.25, 0.3) is 0 Å². The zero-order valence-corrected chi connectivity index (χ0v) is 30.9. The van der Waals surface area contributed by atoms with Crippen LogP contribution in [0.1, 0.15) is 63.6 Å². The van der Waals surface area contributed by atoms with Crippen molar-refractivity contribution in [3.05, 3.63) is 120 Å². The average molecular weight is 665 g/mol. The highest BCUT2D eigenvalue weighted by Gasteiger charge is 2.39. The number of rotatable bonds is 14. The molecule has 48 heavy (non-hydrogen) atoms. The Morgan fingerprint density at radius 3 is 1.77 bits per heavy atom. The average Bonchev–Trinajstić information content (AvgIpc) is 3.08. The first kappa shape index (κ1) is 38.4. The van der Waals surface area contributed by atoms with Crippen LogP contribution < -0.4 is 9.47 Å². The van der Waals surface area contributed by atoms with E-state index in [2.05, 4.69) is 88.8 Å². The number of aliphatic hydroxyl groups is 1. The van der Waals surface area contributed by atoms with Crippen LogP contribution >= 0.6 is 0 Å². The predicted octanol–water partition coefficient (Wildman–Crippen LogP) is 9.07. The van der Waals surface area contributed by atoms with Crippen molar-refractivity contribution in [2.24, 2.45) is 0 Å². The Balaban J connectivity index is 1.78. The molecule has 3 rings (SSSR count). The van der Waals surface area contributed by atoms with Crippen LogP contribution in [0, 0.1) is 23.7 Å². The maximum Gasteiger partial charge on any atom is 0.193 e. The summed E-state index contributed by atoms with van der Waals surface area (Å²) in [5, 5.41) is 10.9. The Labute approximate surface area is 290 Å². The molecule has 0 spiro atoms. The zero-order chi connectivity index (χ0) is 35.0. The van der Waals surface area contributed by atoms with Crippen LogP contribution in [0.4, 0.5) is 0 Å². The van der Waals surface area contributed by atoms with Crippen molar-refractivity contribution in [3.63, 3.8) is 0 Å². The Morgan fingerprint density at radius 2 is 1.27 bits per heavy atom. The third kappa shape index (κ3) is 10.7. The van der Waals surface area contributed by atoms with Gasteiger partial charge in [0.1, 0.15) is 29.3 Å². The molecule has 0 aromatic heterocycles. The van der Waals surface area contributed by atoms with E-state index in [1.54, 1.807) is 26.4 Å². The molecule has 0 amide bonds. The standard InChI is InChI=1S/C42H52O5Si/c1-9-10-14-22-40(47-48(7,8)41(2,3)4)23-18-12-11-17-21-37(43)32-33-46-42(34-19-15-13-16-20-34,35-24-28-38(44-5)29-25-35)36-26-30-39(45-6)31-27-36/h10-16,19-20,24-31,37,40,43H,9,22,32-33H2,1-8H3. The molecule has 5 nitrogen and oxygen atoms in total. The molecule has 0 aliphatic heterocycles. The molecule has 0 radical (unpaired) electrons. The summed E-state index contributed by atoms with van der Waals surface area (Å²) in [5.41, 5.74) is 1.88. The Hall–Kier alpha value is -4.04. The summed E-state index contributed by atoms with van der Waals surface area (Å²) in [6.07, 6.45) is 8.69. The molecule has 0 aliphatic rings. The molecule has 6 heteroatoms. The lowest BCUT2D eigenvalue weighted by Gasteiger charge is -2.37. The summed E-state index contributed by atoms with van der Waals surface area (Å²) in [4.78, 5) is 0. The molecular formula is C42H52O5Si. The van der Waals surface area contributed by atoms with Gasteiger partial charge in [-0.25, -0.2) is 0 Å². The molecule has 0 bridgehead atoms. The van der Waals surface area contributed by atoms with Crippen LogP contribution in [0.15, 0.2) is 103 Å². The lowest BCUT2D eigenvalue weighted by Crippen LogP contribution is -2.43. The van der Waals surface area contributed by atoms with Crippen LogP contribution in [-0.2, 0) is 14.8 Å². The smallest absolute Gasteiger partial charge is 0.193 e. The topological polar surface area (TPSA) is 57.2 Å². The number of allylic oxidation sites excluding steroid dienone is 3. The number of ether oxygens (including phenoxy) is 3. The second kappa shape index (κ2) is 18.5. The largest absolute Gasteiger partial charge is 0.497 e. The van der Waals surface area contributed by atoms with Crippen molar-refractivity contribution in [1.82, 2.24) is 0 Å². The summed E-state index contributed by atoms with van der Waals surface area (Å²) < 4.78 is 24.2. The molecule has 2 atom stereocenters. The van der Waals surface area contributed by atoms with Gasteiger partial charge in [-0.15, -0.1) is 0 Å². The molecule has 0 saturated carbocycles. The van der Waals surface area contributed by atoms with Crippen molar-refractivity contribution in [2.75, 3.05) is 20.8 Å². The summed E-state index contributed by atoms with van der Waals surface area (Å²) in [6.45, 7) is 13.6. The van der Waals surface area contributed by atoms with Crippen LogP contribution in [0.2, 0.25) is 18.1 Å². The van der Waals surface area contributed by atoms with E-state index in [-0.39, 0.29) is 17.7 Å².